The lowest BCUT2D eigenvalue weighted by molar-refractivity contribution is -0.941. The molecule has 0 N–H and O–H groups in total. The largest absolute Gasteiger partial charge is 0.497 e. The Hall–Kier alpha value is -4.05. The lowest BCUT2D eigenvalue weighted by atomic mass is 9.86. The Morgan fingerprint density at radius 1 is 0.816 bits per heavy atom. The number of esters is 2. The van der Waals surface area contributed by atoms with E-state index in [4.69, 9.17) is 23.7 Å². The molecule has 0 radical (unpaired) electrons. The Bertz CT molecular complexity index is 1530. The van der Waals surface area contributed by atoms with Crippen molar-refractivity contribution in [2.45, 2.75) is 38.3 Å². The van der Waals surface area contributed by atoms with Crippen molar-refractivity contribution in [1.29, 1.82) is 0 Å². The number of ether oxygens (including phenoxy) is 5. The number of likely N-dealkylation sites (N-methyl/N-ethyl adjacent to an activating group) is 1. The van der Waals surface area contributed by atoms with E-state index in [1.54, 1.807) is 21.3 Å². The SMILES string of the molecule is COc1ccc(C[C@@H]2c3cc(OC)c(OC)cc3CC[N@@+]2(C)CCCOC(=O)C=CC(=O)OCCC[N+](C)(C)Cc2ccccc2)cc1.Cl. The number of rotatable bonds is 17. The van der Waals surface area contributed by atoms with Crippen LogP contribution in [-0.4, -0.2) is 96.2 Å². The Morgan fingerprint density at radius 2 is 1.43 bits per heavy atom. The van der Waals surface area contributed by atoms with Gasteiger partial charge in [-0.2, -0.15) is 0 Å². The summed E-state index contributed by atoms with van der Waals surface area (Å²) in [6, 6.07) is 22.9. The van der Waals surface area contributed by atoms with Crippen LogP contribution in [0.1, 0.15) is 41.1 Å². The first-order valence-corrected chi connectivity index (χ1v) is 16.7. The van der Waals surface area contributed by atoms with E-state index in [9.17, 15) is 9.59 Å². The van der Waals surface area contributed by atoms with Gasteiger partial charge in [-0.05, 0) is 35.4 Å². The number of methoxy groups -OCH3 is 3. The number of fused-ring (bicyclic) bond motifs is 1. The second kappa shape index (κ2) is 18.6. The molecular formula is C39H53ClN2O7+2. The third-order valence-corrected chi connectivity index (χ3v) is 9.26. The molecule has 0 fully saturated rings. The Morgan fingerprint density at radius 3 is 2.04 bits per heavy atom. The van der Waals surface area contributed by atoms with Crippen LogP contribution in [0.3, 0.4) is 0 Å². The average molecular weight is 697 g/mol. The predicted octanol–water partition coefficient (Wildman–Crippen LogP) is 6.12. The highest BCUT2D eigenvalue weighted by Gasteiger charge is 2.39. The maximum Gasteiger partial charge on any atom is 0.331 e. The zero-order chi connectivity index (χ0) is 34.6. The van der Waals surface area contributed by atoms with E-state index in [1.165, 1.54) is 22.3 Å². The molecule has 0 spiro atoms. The minimum atomic E-state index is -0.550. The van der Waals surface area contributed by atoms with Gasteiger partial charge in [-0.3, -0.25) is 0 Å². The van der Waals surface area contributed by atoms with E-state index in [2.05, 4.69) is 57.5 Å². The number of benzene rings is 3. The van der Waals surface area contributed by atoms with Crippen LogP contribution < -0.4 is 14.2 Å². The molecule has 1 aliphatic rings. The summed E-state index contributed by atoms with van der Waals surface area (Å²) >= 11 is 0. The fourth-order valence-electron chi connectivity index (χ4n) is 6.57. The van der Waals surface area contributed by atoms with Crippen molar-refractivity contribution in [3.8, 4) is 17.2 Å². The van der Waals surface area contributed by atoms with Crippen molar-refractivity contribution in [3.05, 3.63) is 101 Å². The average Bonchev–Trinajstić information content (AvgIpc) is 3.09. The lowest BCUT2D eigenvalue weighted by Crippen LogP contribution is -2.52. The van der Waals surface area contributed by atoms with E-state index < -0.39 is 11.9 Å². The van der Waals surface area contributed by atoms with Gasteiger partial charge in [0.15, 0.2) is 11.5 Å². The molecule has 0 saturated heterocycles. The smallest absolute Gasteiger partial charge is 0.331 e. The van der Waals surface area contributed by atoms with E-state index in [1.807, 2.05) is 30.3 Å². The Kier molecular flexibility index (Phi) is 15.0. The summed E-state index contributed by atoms with van der Waals surface area (Å²) in [6.45, 7) is 4.07. The maximum atomic E-state index is 12.4. The van der Waals surface area contributed by atoms with E-state index in [0.717, 1.165) is 83.8 Å². The molecule has 49 heavy (non-hydrogen) atoms. The second-order valence-corrected chi connectivity index (χ2v) is 13.3. The zero-order valence-corrected chi connectivity index (χ0v) is 30.6. The molecule has 3 aromatic rings. The van der Waals surface area contributed by atoms with E-state index in [-0.39, 0.29) is 25.1 Å². The topological polar surface area (TPSA) is 80.3 Å². The number of hydrogen-bond donors (Lipinski definition) is 0. The fraction of sp³-hybridized carbons (Fsp3) is 0.436. The molecule has 0 aliphatic carbocycles. The Labute approximate surface area is 297 Å². The van der Waals surface area contributed by atoms with Gasteiger partial charge < -0.3 is 32.7 Å². The third-order valence-electron chi connectivity index (χ3n) is 9.26. The summed E-state index contributed by atoms with van der Waals surface area (Å²) in [5, 5.41) is 0. The number of halogens is 1. The first-order chi connectivity index (χ1) is 23.1. The van der Waals surface area contributed by atoms with Gasteiger partial charge in [0.25, 0.3) is 0 Å². The lowest BCUT2D eigenvalue weighted by Gasteiger charge is -2.46. The summed E-state index contributed by atoms with van der Waals surface area (Å²) in [5.41, 5.74) is 4.99. The first-order valence-electron chi connectivity index (χ1n) is 16.7. The summed E-state index contributed by atoms with van der Waals surface area (Å²) < 4.78 is 29.0. The van der Waals surface area contributed by atoms with Gasteiger partial charge in [0.2, 0.25) is 0 Å². The summed E-state index contributed by atoms with van der Waals surface area (Å²) in [6.07, 6.45) is 5.44. The molecule has 1 aliphatic heterocycles. The normalized spacial score (nSPS) is 17.1. The standard InChI is InChI=1S/C39H52N2O7.ClH/c1-40(2,29-31-12-8-7-9-13-31)21-10-24-47-38(42)18-19-39(43)48-25-11-22-41(3)23-20-32-27-36(45-5)37(46-6)28-34(32)35(41)26-30-14-16-33(44-4)17-15-30;/h7-9,12-19,27-28,35H,10-11,20-26,29H2,1-6H3;1H/q+2;/t35-,41-;/m1./s1. The molecule has 0 saturated carbocycles. The summed E-state index contributed by atoms with van der Waals surface area (Å²) in [5.74, 6) is 1.19. The number of quaternary nitrogens is 2. The van der Waals surface area contributed by atoms with Crippen LogP contribution in [-0.2, 0) is 38.4 Å². The highest BCUT2D eigenvalue weighted by Crippen LogP contribution is 2.42. The number of nitrogens with zero attached hydrogens (tertiary/aromatic N) is 2. The summed E-state index contributed by atoms with van der Waals surface area (Å²) in [4.78, 5) is 24.6. The number of carbonyl (C=O) groups excluding carboxylic acids is 2. The van der Waals surface area contributed by atoms with Gasteiger partial charge in [0.1, 0.15) is 18.3 Å². The molecule has 0 aromatic heterocycles. The van der Waals surface area contributed by atoms with Gasteiger partial charge >= 0.3 is 11.9 Å². The van der Waals surface area contributed by atoms with Gasteiger partial charge in [-0.1, -0.05) is 42.5 Å². The fourth-order valence-corrected chi connectivity index (χ4v) is 6.57. The van der Waals surface area contributed by atoms with Gasteiger partial charge in [-0.25, -0.2) is 9.59 Å². The quantitative estimate of drug-likeness (QED) is 0.0729. The summed E-state index contributed by atoms with van der Waals surface area (Å²) in [7, 11) is 11.6. The van der Waals surface area contributed by atoms with Crippen molar-refractivity contribution in [2.24, 2.45) is 0 Å². The molecule has 10 heteroatoms. The van der Waals surface area contributed by atoms with Gasteiger partial charge in [0.05, 0.1) is 75.3 Å². The highest BCUT2D eigenvalue weighted by molar-refractivity contribution is 5.91. The van der Waals surface area contributed by atoms with Gasteiger partial charge in [0, 0.05) is 49.0 Å². The molecule has 0 bridgehead atoms. The molecule has 0 amide bonds. The Balaban J connectivity index is 0.00000650. The maximum absolute atomic E-state index is 12.4. The zero-order valence-electron chi connectivity index (χ0n) is 29.8. The van der Waals surface area contributed by atoms with Crippen LogP contribution in [0.2, 0.25) is 0 Å². The van der Waals surface area contributed by atoms with Gasteiger partial charge in [-0.15, -0.1) is 12.4 Å². The van der Waals surface area contributed by atoms with Crippen molar-refractivity contribution in [2.75, 3.05) is 75.3 Å². The van der Waals surface area contributed by atoms with Crippen molar-refractivity contribution < 1.29 is 42.2 Å². The molecule has 4 rings (SSSR count). The minimum Gasteiger partial charge on any atom is -0.497 e. The molecule has 2 atom stereocenters. The first kappa shape index (κ1) is 39.4. The van der Waals surface area contributed by atoms with Crippen LogP contribution in [0.25, 0.3) is 0 Å². The molecule has 9 nitrogen and oxygen atoms in total. The highest BCUT2D eigenvalue weighted by atomic mass is 35.5. The van der Waals surface area contributed by atoms with Crippen LogP contribution >= 0.6 is 12.4 Å². The molecule has 0 unspecified atom stereocenters. The number of carbonyl (C=O) groups is 2. The molecule has 266 valence electrons. The van der Waals surface area contributed by atoms with Crippen molar-refractivity contribution in [3.63, 3.8) is 0 Å². The predicted molar refractivity (Wildman–Crippen MR) is 193 cm³/mol. The monoisotopic (exact) mass is 696 g/mol. The number of hydrogen-bond acceptors (Lipinski definition) is 7. The second-order valence-electron chi connectivity index (χ2n) is 13.3. The van der Waals surface area contributed by atoms with Crippen molar-refractivity contribution >= 4 is 24.3 Å². The van der Waals surface area contributed by atoms with E-state index in [0.29, 0.717) is 13.0 Å². The van der Waals surface area contributed by atoms with Crippen LogP contribution in [0.15, 0.2) is 78.9 Å². The van der Waals surface area contributed by atoms with Crippen LogP contribution in [0, 0.1) is 0 Å². The van der Waals surface area contributed by atoms with Crippen LogP contribution in [0.5, 0.6) is 17.2 Å². The molecular weight excluding hydrogens is 644 g/mol. The molecule has 3 aromatic carbocycles. The van der Waals surface area contributed by atoms with Crippen LogP contribution in [0.4, 0.5) is 0 Å². The van der Waals surface area contributed by atoms with Crippen molar-refractivity contribution in [1.82, 2.24) is 0 Å². The van der Waals surface area contributed by atoms with E-state index >= 15 is 0 Å². The molecule has 1 heterocycles. The third kappa shape index (κ3) is 11.5. The minimum absolute atomic E-state index is 0.